The molecule has 0 radical (unpaired) electrons. The van der Waals surface area contributed by atoms with E-state index in [9.17, 15) is 9.59 Å². The molecule has 2 unspecified atom stereocenters. The molecule has 0 bridgehead atoms. The highest BCUT2D eigenvalue weighted by atomic mass is 35.5. The Morgan fingerprint density at radius 1 is 0.846 bits per heavy atom. The summed E-state index contributed by atoms with van der Waals surface area (Å²) in [5, 5.41) is 3.30. The van der Waals surface area contributed by atoms with Crippen molar-refractivity contribution in [3.63, 3.8) is 0 Å². The van der Waals surface area contributed by atoms with E-state index < -0.39 is 6.04 Å². The summed E-state index contributed by atoms with van der Waals surface area (Å²) in [6, 6.07) is 34.0. The standard InChI is InChI=1S/C32H29ClN2O3S/c33-27-15-11-25(12-16-27)31(37)35-29(30(36)34-20-19-23-7-3-1-4-8-23)22-39-32(35)26-13-17-28(18-14-26)38-21-24-9-5-2-6-10-24/h1-18,29,32H,19-22H2,(H,34,36). The van der Waals surface area contributed by atoms with Crippen LogP contribution in [0.25, 0.3) is 0 Å². The van der Waals surface area contributed by atoms with Gasteiger partial charge in [0.2, 0.25) is 5.91 Å². The molecule has 0 spiro atoms. The maximum Gasteiger partial charge on any atom is 0.255 e. The predicted molar refractivity (Wildman–Crippen MR) is 157 cm³/mol. The van der Waals surface area contributed by atoms with Gasteiger partial charge in [-0.05, 0) is 59.5 Å². The Balaban J connectivity index is 1.31. The summed E-state index contributed by atoms with van der Waals surface area (Å²) >= 11 is 7.65. The van der Waals surface area contributed by atoms with E-state index in [2.05, 4.69) is 5.32 Å². The van der Waals surface area contributed by atoms with E-state index in [4.69, 9.17) is 16.3 Å². The van der Waals surface area contributed by atoms with Gasteiger partial charge in [0.15, 0.2) is 0 Å². The summed E-state index contributed by atoms with van der Waals surface area (Å²) in [6.45, 7) is 0.982. The summed E-state index contributed by atoms with van der Waals surface area (Å²) in [5.74, 6) is 0.907. The molecule has 0 aromatic heterocycles. The van der Waals surface area contributed by atoms with Gasteiger partial charge in [-0.3, -0.25) is 9.59 Å². The van der Waals surface area contributed by atoms with Crippen LogP contribution in [0.2, 0.25) is 5.02 Å². The van der Waals surface area contributed by atoms with Crippen LogP contribution in [0, 0.1) is 0 Å². The van der Waals surface area contributed by atoms with Gasteiger partial charge >= 0.3 is 0 Å². The highest BCUT2D eigenvalue weighted by Gasteiger charge is 2.42. The molecule has 5 nitrogen and oxygen atoms in total. The number of carbonyl (C=O) groups is 2. The van der Waals surface area contributed by atoms with Gasteiger partial charge in [0, 0.05) is 22.9 Å². The van der Waals surface area contributed by atoms with Crippen molar-refractivity contribution in [2.75, 3.05) is 12.3 Å². The van der Waals surface area contributed by atoms with E-state index in [-0.39, 0.29) is 17.2 Å². The molecule has 7 heteroatoms. The van der Waals surface area contributed by atoms with Crippen LogP contribution in [0.1, 0.15) is 32.4 Å². The fourth-order valence-electron chi connectivity index (χ4n) is 4.52. The summed E-state index contributed by atoms with van der Waals surface area (Å²) in [6.07, 6.45) is 0.728. The van der Waals surface area contributed by atoms with Crippen LogP contribution in [0.5, 0.6) is 5.75 Å². The zero-order valence-corrected chi connectivity index (χ0v) is 22.9. The lowest BCUT2D eigenvalue weighted by Crippen LogP contribution is -2.48. The predicted octanol–water partition coefficient (Wildman–Crippen LogP) is 6.53. The second-order valence-electron chi connectivity index (χ2n) is 9.29. The summed E-state index contributed by atoms with van der Waals surface area (Å²) < 4.78 is 5.94. The molecule has 0 aliphatic carbocycles. The van der Waals surface area contributed by atoms with Gasteiger partial charge in [-0.25, -0.2) is 0 Å². The maximum absolute atomic E-state index is 13.7. The van der Waals surface area contributed by atoms with E-state index >= 15 is 0 Å². The van der Waals surface area contributed by atoms with E-state index in [1.165, 1.54) is 0 Å². The molecule has 1 heterocycles. The smallest absolute Gasteiger partial charge is 0.255 e. The first-order valence-corrected chi connectivity index (χ1v) is 14.3. The lowest BCUT2D eigenvalue weighted by molar-refractivity contribution is -0.124. The Kier molecular flexibility index (Phi) is 8.86. The molecule has 1 aliphatic heterocycles. The molecule has 4 aromatic rings. The third-order valence-electron chi connectivity index (χ3n) is 6.60. The van der Waals surface area contributed by atoms with Crippen molar-refractivity contribution < 1.29 is 14.3 Å². The highest BCUT2D eigenvalue weighted by molar-refractivity contribution is 7.99. The molecule has 4 aromatic carbocycles. The second-order valence-corrected chi connectivity index (χ2v) is 10.8. The van der Waals surface area contributed by atoms with Gasteiger partial charge in [-0.15, -0.1) is 11.8 Å². The second kappa shape index (κ2) is 12.9. The lowest BCUT2D eigenvalue weighted by atomic mass is 10.1. The molecule has 1 saturated heterocycles. The van der Waals surface area contributed by atoms with Gasteiger partial charge in [-0.2, -0.15) is 0 Å². The van der Waals surface area contributed by atoms with Crippen LogP contribution in [-0.4, -0.2) is 35.1 Å². The van der Waals surface area contributed by atoms with Crippen LogP contribution in [-0.2, 0) is 17.8 Å². The van der Waals surface area contributed by atoms with Crippen LogP contribution in [0.4, 0.5) is 0 Å². The number of rotatable bonds is 9. The van der Waals surface area contributed by atoms with Crippen molar-refractivity contribution in [1.82, 2.24) is 10.2 Å². The van der Waals surface area contributed by atoms with Crippen LogP contribution >= 0.6 is 23.4 Å². The van der Waals surface area contributed by atoms with Crippen molar-refractivity contribution in [3.8, 4) is 5.75 Å². The van der Waals surface area contributed by atoms with Crippen molar-refractivity contribution in [3.05, 3.63) is 136 Å². The first-order valence-electron chi connectivity index (χ1n) is 12.9. The lowest BCUT2D eigenvalue weighted by Gasteiger charge is -2.29. The quantitative estimate of drug-likeness (QED) is 0.254. The Labute approximate surface area is 238 Å². The number of carbonyl (C=O) groups excluding carboxylic acids is 2. The van der Waals surface area contributed by atoms with Crippen LogP contribution in [0.15, 0.2) is 109 Å². The zero-order chi connectivity index (χ0) is 27.0. The fourth-order valence-corrected chi connectivity index (χ4v) is 6.07. The molecule has 39 heavy (non-hydrogen) atoms. The van der Waals surface area contributed by atoms with Crippen molar-refractivity contribution >= 4 is 35.2 Å². The molecular formula is C32H29ClN2O3S. The summed E-state index contributed by atoms with van der Waals surface area (Å²) in [5.41, 5.74) is 3.68. The van der Waals surface area contributed by atoms with E-state index in [1.807, 2.05) is 84.9 Å². The minimum absolute atomic E-state index is 0.147. The van der Waals surface area contributed by atoms with E-state index in [1.54, 1.807) is 40.9 Å². The minimum Gasteiger partial charge on any atom is -0.489 e. The van der Waals surface area contributed by atoms with Crippen molar-refractivity contribution in [2.24, 2.45) is 0 Å². The Morgan fingerprint density at radius 2 is 1.49 bits per heavy atom. The average molecular weight is 557 g/mol. The topological polar surface area (TPSA) is 58.6 Å². The number of nitrogens with one attached hydrogen (secondary N) is 1. The Morgan fingerprint density at radius 3 is 2.15 bits per heavy atom. The third-order valence-corrected chi connectivity index (χ3v) is 8.17. The number of ether oxygens (including phenoxy) is 1. The molecule has 1 aliphatic rings. The van der Waals surface area contributed by atoms with Gasteiger partial charge in [0.05, 0.1) is 0 Å². The fraction of sp³-hybridized carbons (Fsp3) is 0.188. The van der Waals surface area contributed by atoms with Gasteiger partial charge in [0.1, 0.15) is 23.8 Å². The number of thioether (sulfide) groups is 1. The normalized spacial score (nSPS) is 16.6. The Hall–Kier alpha value is -3.74. The number of benzene rings is 4. The molecule has 0 saturated carbocycles. The summed E-state index contributed by atoms with van der Waals surface area (Å²) in [4.78, 5) is 28.8. The molecule has 2 amide bonds. The summed E-state index contributed by atoms with van der Waals surface area (Å²) in [7, 11) is 0. The molecule has 1 N–H and O–H groups in total. The largest absolute Gasteiger partial charge is 0.489 e. The minimum atomic E-state index is -0.590. The van der Waals surface area contributed by atoms with Crippen LogP contribution < -0.4 is 10.1 Å². The van der Waals surface area contributed by atoms with Gasteiger partial charge < -0.3 is 15.0 Å². The molecular weight excluding hydrogens is 528 g/mol. The average Bonchev–Trinajstić information content (AvgIpc) is 3.43. The number of halogens is 1. The van der Waals surface area contributed by atoms with Gasteiger partial charge in [-0.1, -0.05) is 84.4 Å². The molecule has 1 fully saturated rings. The third kappa shape index (κ3) is 6.83. The number of nitrogens with zero attached hydrogens (tertiary/aromatic N) is 1. The monoisotopic (exact) mass is 556 g/mol. The van der Waals surface area contributed by atoms with Crippen LogP contribution in [0.3, 0.4) is 0 Å². The van der Waals surface area contributed by atoms with Crippen molar-refractivity contribution in [2.45, 2.75) is 24.4 Å². The SMILES string of the molecule is O=C(NCCc1ccccc1)C1CSC(c2ccc(OCc3ccccc3)cc2)N1C(=O)c1ccc(Cl)cc1. The number of hydrogen-bond donors (Lipinski definition) is 1. The van der Waals surface area contributed by atoms with E-state index in [0.29, 0.717) is 29.5 Å². The number of amides is 2. The van der Waals surface area contributed by atoms with E-state index in [0.717, 1.165) is 28.9 Å². The van der Waals surface area contributed by atoms with Crippen molar-refractivity contribution in [1.29, 1.82) is 0 Å². The molecule has 5 rings (SSSR count). The first kappa shape index (κ1) is 26.9. The molecule has 198 valence electrons. The first-order chi connectivity index (χ1) is 19.1. The maximum atomic E-state index is 13.7. The number of hydrogen-bond acceptors (Lipinski definition) is 4. The Bertz CT molecular complexity index is 1380. The highest BCUT2D eigenvalue weighted by Crippen LogP contribution is 2.42. The molecule has 2 atom stereocenters. The zero-order valence-electron chi connectivity index (χ0n) is 21.3. The van der Waals surface area contributed by atoms with Gasteiger partial charge in [0.25, 0.3) is 5.91 Å².